The number of nitrogens with zero attached hydrogens (tertiary/aromatic N) is 1. The van der Waals surface area contributed by atoms with Crippen LogP contribution in [0.15, 0.2) is 12.1 Å². The molecule has 1 heterocycles. The van der Waals surface area contributed by atoms with Crippen molar-refractivity contribution in [3.05, 3.63) is 23.4 Å². The molecule has 1 aromatic heterocycles. The monoisotopic (exact) mass is 238 g/mol. The van der Waals surface area contributed by atoms with Gasteiger partial charge in [-0.15, -0.1) is 0 Å². The van der Waals surface area contributed by atoms with E-state index in [9.17, 15) is 0 Å². The maximum atomic E-state index is 5.49. The summed E-state index contributed by atoms with van der Waals surface area (Å²) in [6, 6.07) is 3.96. The zero-order valence-corrected chi connectivity index (χ0v) is 11.0. The molecule has 1 aromatic rings. The fraction of sp³-hybridized carbons (Fsp3) is 0.615. The minimum atomic E-state index is 0.548. The molecule has 0 aliphatic carbocycles. The Morgan fingerprint density at radius 1 is 1.24 bits per heavy atom. The summed E-state index contributed by atoms with van der Waals surface area (Å²) in [5, 5.41) is 3.28. The first-order chi connectivity index (χ1) is 8.27. The SMILES string of the molecule is CCNCc1ccc(OCCOCC)nc1C. The van der Waals surface area contributed by atoms with Crippen molar-refractivity contribution in [1.82, 2.24) is 10.3 Å². The lowest BCUT2D eigenvalue weighted by Gasteiger charge is -2.09. The number of aromatic nitrogens is 1. The van der Waals surface area contributed by atoms with Gasteiger partial charge in [0.2, 0.25) is 5.88 Å². The average Bonchev–Trinajstić information content (AvgIpc) is 2.34. The van der Waals surface area contributed by atoms with Crippen molar-refractivity contribution in [3.63, 3.8) is 0 Å². The fourth-order valence-corrected chi connectivity index (χ4v) is 1.44. The first kappa shape index (κ1) is 13.9. The molecular weight excluding hydrogens is 216 g/mol. The number of nitrogens with one attached hydrogen (secondary N) is 1. The third kappa shape index (κ3) is 5.15. The van der Waals surface area contributed by atoms with Gasteiger partial charge in [-0.2, -0.15) is 0 Å². The number of ether oxygens (including phenoxy) is 2. The molecule has 4 heteroatoms. The maximum Gasteiger partial charge on any atom is 0.213 e. The van der Waals surface area contributed by atoms with Crippen LogP contribution in [0.25, 0.3) is 0 Å². The number of hydrogen-bond donors (Lipinski definition) is 1. The maximum absolute atomic E-state index is 5.49. The molecule has 17 heavy (non-hydrogen) atoms. The Balaban J connectivity index is 2.44. The topological polar surface area (TPSA) is 43.4 Å². The third-order valence-corrected chi connectivity index (χ3v) is 2.42. The van der Waals surface area contributed by atoms with Crippen molar-refractivity contribution in [1.29, 1.82) is 0 Å². The van der Waals surface area contributed by atoms with Crippen molar-refractivity contribution in [2.45, 2.75) is 27.3 Å². The van der Waals surface area contributed by atoms with Gasteiger partial charge in [0.05, 0.1) is 6.61 Å². The van der Waals surface area contributed by atoms with Gasteiger partial charge in [0.1, 0.15) is 6.61 Å². The molecule has 1 N–H and O–H groups in total. The molecule has 0 saturated carbocycles. The number of aryl methyl sites for hydroxylation is 1. The molecule has 0 radical (unpaired) electrons. The van der Waals surface area contributed by atoms with Gasteiger partial charge in [-0.1, -0.05) is 13.0 Å². The summed E-state index contributed by atoms with van der Waals surface area (Å²) in [6.07, 6.45) is 0. The molecule has 96 valence electrons. The Bertz CT molecular complexity index is 329. The van der Waals surface area contributed by atoms with Crippen molar-refractivity contribution >= 4 is 0 Å². The van der Waals surface area contributed by atoms with E-state index in [4.69, 9.17) is 9.47 Å². The number of pyridine rings is 1. The van der Waals surface area contributed by atoms with E-state index >= 15 is 0 Å². The van der Waals surface area contributed by atoms with Crippen molar-refractivity contribution in [3.8, 4) is 5.88 Å². The van der Waals surface area contributed by atoms with Crippen molar-refractivity contribution < 1.29 is 9.47 Å². The van der Waals surface area contributed by atoms with Gasteiger partial charge in [-0.05, 0) is 26.0 Å². The molecule has 0 bridgehead atoms. The smallest absolute Gasteiger partial charge is 0.213 e. The lowest BCUT2D eigenvalue weighted by Crippen LogP contribution is -2.13. The molecular formula is C13H22N2O2. The molecule has 0 aliphatic rings. The highest BCUT2D eigenvalue weighted by atomic mass is 16.5. The van der Waals surface area contributed by atoms with Gasteiger partial charge in [-0.25, -0.2) is 4.98 Å². The van der Waals surface area contributed by atoms with Crippen molar-refractivity contribution in [2.75, 3.05) is 26.4 Å². The Hall–Kier alpha value is -1.13. The predicted molar refractivity (Wildman–Crippen MR) is 68.3 cm³/mol. The second-order valence-electron chi connectivity index (χ2n) is 3.72. The van der Waals surface area contributed by atoms with E-state index in [0.29, 0.717) is 19.1 Å². The van der Waals surface area contributed by atoms with Crippen LogP contribution < -0.4 is 10.1 Å². The lowest BCUT2D eigenvalue weighted by molar-refractivity contribution is 0.108. The van der Waals surface area contributed by atoms with Crippen LogP contribution in [0.3, 0.4) is 0 Å². The van der Waals surface area contributed by atoms with Gasteiger partial charge in [0.25, 0.3) is 0 Å². The highest BCUT2D eigenvalue weighted by Crippen LogP contribution is 2.12. The van der Waals surface area contributed by atoms with E-state index in [-0.39, 0.29) is 0 Å². The molecule has 0 saturated heterocycles. The van der Waals surface area contributed by atoms with E-state index in [1.54, 1.807) is 0 Å². The van der Waals surface area contributed by atoms with Crippen LogP contribution in [-0.4, -0.2) is 31.3 Å². The molecule has 4 nitrogen and oxygen atoms in total. The predicted octanol–water partition coefficient (Wildman–Crippen LogP) is 1.91. The van der Waals surface area contributed by atoms with E-state index in [2.05, 4.69) is 23.3 Å². The van der Waals surface area contributed by atoms with E-state index in [1.807, 2.05) is 19.9 Å². The lowest BCUT2D eigenvalue weighted by atomic mass is 10.2. The van der Waals surface area contributed by atoms with Gasteiger partial charge in [0.15, 0.2) is 0 Å². The van der Waals surface area contributed by atoms with Crippen LogP contribution in [0, 0.1) is 6.92 Å². The number of rotatable bonds is 8. The summed E-state index contributed by atoms with van der Waals surface area (Å²) < 4.78 is 10.7. The zero-order valence-electron chi connectivity index (χ0n) is 11.0. The summed E-state index contributed by atoms with van der Waals surface area (Å²) in [5.74, 6) is 0.669. The zero-order chi connectivity index (χ0) is 12.5. The van der Waals surface area contributed by atoms with Gasteiger partial charge in [-0.3, -0.25) is 0 Å². The summed E-state index contributed by atoms with van der Waals surface area (Å²) in [7, 11) is 0. The molecule has 0 amide bonds. The molecule has 0 spiro atoms. The molecule has 0 aromatic carbocycles. The minimum absolute atomic E-state index is 0.548. The van der Waals surface area contributed by atoms with Gasteiger partial charge < -0.3 is 14.8 Å². The highest BCUT2D eigenvalue weighted by molar-refractivity contribution is 5.24. The van der Waals surface area contributed by atoms with Crippen LogP contribution >= 0.6 is 0 Å². The molecule has 0 fully saturated rings. The first-order valence-corrected chi connectivity index (χ1v) is 6.15. The van der Waals surface area contributed by atoms with E-state index < -0.39 is 0 Å². The molecule has 0 atom stereocenters. The average molecular weight is 238 g/mol. The second kappa shape index (κ2) is 8.03. The minimum Gasteiger partial charge on any atom is -0.475 e. The summed E-state index contributed by atoms with van der Waals surface area (Å²) in [4.78, 5) is 4.41. The van der Waals surface area contributed by atoms with Crippen LogP contribution in [0.2, 0.25) is 0 Å². The summed E-state index contributed by atoms with van der Waals surface area (Å²) in [6.45, 7) is 9.76. The normalized spacial score (nSPS) is 10.5. The highest BCUT2D eigenvalue weighted by Gasteiger charge is 2.02. The Labute approximate surface area is 103 Å². The molecule has 1 rings (SSSR count). The standard InChI is InChI=1S/C13H22N2O2/c1-4-14-10-12-6-7-13(15-11(12)3)17-9-8-16-5-2/h6-7,14H,4-5,8-10H2,1-3H3. The first-order valence-electron chi connectivity index (χ1n) is 6.15. The van der Waals surface area contributed by atoms with Crippen LogP contribution in [-0.2, 0) is 11.3 Å². The Kier molecular flexibility index (Phi) is 6.58. The van der Waals surface area contributed by atoms with Crippen LogP contribution in [0.4, 0.5) is 0 Å². The Morgan fingerprint density at radius 2 is 2.06 bits per heavy atom. The van der Waals surface area contributed by atoms with E-state index in [1.165, 1.54) is 5.56 Å². The third-order valence-electron chi connectivity index (χ3n) is 2.42. The van der Waals surface area contributed by atoms with E-state index in [0.717, 1.165) is 25.4 Å². The van der Waals surface area contributed by atoms with Crippen LogP contribution in [0.1, 0.15) is 25.1 Å². The van der Waals surface area contributed by atoms with Gasteiger partial charge in [0, 0.05) is 24.9 Å². The summed E-state index contributed by atoms with van der Waals surface area (Å²) in [5.41, 5.74) is 2.23. The fourth-order valence-electron chi connectivity index (χ4n) is 1.44. The molecule has 0 unspecified atom stereocenters. The Morgan fingerprint density at radius 3 is 2.71 bits per heavy atom. The van der Waals surface area contributed by atoms with Crippen molar-refractivity contribution in [2.24, 2.45) is 0 Å². The second-order valence-corrected chi connectivity index (χ2v) is 3.72. The van der Waals surface area contributed by atoms with Crippen LogP contribution in [0.5, 0.6) is 5.88 Å². The largest absolute Gasteiger partial charge is 0.475 e. The quantitative estimate of drug-likeness (QED) is 0.703. The van der Waals surface area contributed by atoms with Gasteiger partial charge >= 0.3 is 0 Å². The molecule has 0 aliphatic heterocycles. The summed E-state index contributed by atoms with van der Waals surface area (Å²) >= 11 is 0. The number of hydrogen-bond acceptors (Lipinski definition) is 4.